The molecule has 4 aromatic rings. The molecule has 1 N–H and O–H groups in total. The number of anilines is 1. The molecule has 1 saturated heterocycles. The molecule has 0 saturated carbocycles. The van der Waals surface area contributed by atoms with E-state index in [0.717, 1.165) is 58.7 Å². The van der Waals surface area contributed by atoms with Gasteiger partial charge in [-0.1, -0.05) is 5.21 Å². The Kier molecular flexibility index (Phi) is 5.21. The van der Waals surface area contributed by atoms with Crippen molar-refractivity contribution in [2.24, 2.45) is 7.05 Å². The maximum atomic E-state index is 13.7. The average Bonchev–Trinajstić information content (AvgIpc) is 3.41. The summed E-state index contributed by atoms with van der Waals surface area (Å²) in [6.07, 6.45) is 7.24. The van der Waals surface area contributed by atoms with E-state index in [0.29, 0.717) is 5.69 Å². The number of amides is 1. The van der Waals surface area contributed by atoms with Crippen LogP contribution in [0.1, 0.15) is 28.9 Å². The number of rotatable bonds is 4. The van der Waals surface area contributed by atoms with E-state index in [9.17, 15) is 4.79 Å². The first-order valence-corrected chi connectivity index (χ1v) is 11.2. The number of carbonyl (C=O) groups is 1. The number of nitrogens with zero attached hydrogens (tertiary/aromatic N) is 6. The molecule has 1 aliphatic heterocycles. The van der Waals surface area contributed by atoms with E-state index in [1.54, 1.807) is 34.5 Å². The van der Waals surface area contributed by atoms with E-state index in [-0.39, 0.29) is 11.9 Å². The van der Waals surface area contributed by atoms with Crippen LogP contribution < -0.4 is 10.2 Å². The van der Waals surface area contributed by atoms with Crippen molar-refractivity contribution in [1.82, 2.24) is 30.3 Å². The summed E-state index contributed by atoms with van der Waals surface area (Å²) in [5.41, 5.74) is 3.08. The second-order valence-electron chi connectivity index (χ2n) is 7.81. The van der Waals surface area contributed by atoms with Gasteiger partial charge in [0.1, 0.15) is 17.2 Å². The molecule has 158 valence electrons. The monoisotopic (exact) mass is 433 g/mol. The highest BCUT2D eigenvalue weighted by Crippen LogP contribution is 2.34. The van der Waals surface area contributed by atoms with Gasteiger partial charge in [0.15, 0.2) is 0 Å². The first-order valence-electron chi connectivity index (χ1n) is 10.3. The second kappa shape index (κ2) is 8.16. The fourth-order valence-corrected chi connectivity index (χ4v) is 4.99. The third kappa shape index (κ3) is 3.70. The zero-order valence-electron chi connectivity index (χ0n) is 17.4. The third-order valence-electron chi connectivity index (χ3n) is 5.61. The van der Waals surface area contributed by atoms with Crippen LogP contribution in [-0.2, 0) is 7.05 Å². The molecule has 4 aromatic heterocycles. The molecule has 0 unspecified atom stereocenters. The van der Waals surface area contributed by atoms with Gasteiger partial charge in [0.25, 0.3) is 5.91 Å². The van der Waals surface area contributed by atoms with Crippen molar-refractivity contribution in [1.29, 1.82) is 0 Å². The molecule has 5 heterocycles. The number of aromatic nitrogens is 5. The summed E-state index contributed by atoms with van der Waals surface area (Å²) in [5.74, 6) is 0.583. The molecule has 1 atom stereocenters. The lowest BCUT2D eigenvalue weighted by molar-refractivity contribution is 0.0967. The molecule has 5 rings (SSSR count). The van der Waals surface area contributed by atoms with Gasteiger partial charge in [0.05, 0.1) is 12.2 Å². The number of pyridine rings is 2. The Bertz CT molecular complexity index is 1220. The van der Waals surface area contributed by atoms with E-state index in [1.807, 2.05) is 30.3 Å². The topological polar surface area (TPSA) is 88.8 Å². The molecule has 31 heavy (non-hydrogen) atoms. The highest BCUT2D eigenvalue weighted by molar-refractivity contribution is 7.17. The lowest BCUT2D eigenvalue weighted by Crippen LogP contribution is -2.49. The normalized spacial score (nSPS) is 16.5. The molecule has 9 heteroatoms. The van der Waals surface area contributed by atoms with Crippen LogP contribution in [0.3, 0.4) is 0 Å². The number of hydrogen-bond acceptors (Lipinski definition) is 7. The molecule has 0 aliphatic carbocycles. The van der Waals surface area contributed by atoms with Crippen LogP contribution in [0.25, 0.3) is 21.3 Å². The summed E-state index contributed by atoms with van der Waals surface area (Å²) in [7, 11) is 1.82. The summed E-state index contributed by atoms with van der Waals surface area (Å²) in [5, 5.41) is 14.7. The van der Waals surface area contributed by atoms with Crippen LogP contribution in [-0.4, -0.2) is 50.0 Å². The Morgan fingerprint density at radius 1 is 1.29 bits per heavy atom. The summed E-state index contributed by atoms with van der Waals surface area (Å²) in [6, 6.07) is 5.66. The van der Waals surface area contributed by atoms with E-state index < -0.39 is 0 Å². The van der Waals surface area contributed by atoms with Gasteiger partial charge in [-0.05, 0) is 55.5 Å². The number of carbonyl (C=O) groups excluding carboxylic acids is 1. The van der Waals surface area contributed by atoms with Gasteiger partial charge < -0.3 is 5.32 Å². The van der Waals surface area contributed by atoms with Gasteiger partial charge in [-0.3, -0.25) is 19.4 Å². The fourth-order valence-electron chi connectivity index (χ4n) is 4.06. The first-order chi connectivity index (χ1) is 15.1. The van der Waals surface area contributed by atoms with Crippen LogP contribution in [0, 0.1) is 6.92 Å². The van der Waals surface area contributed by atoms with Gasteiger partial charge in [-0.15, -0.1) is 16.4 Å². The maximum absolute atomic E-state index is 13.7. The van der Waals surface area contributed by atoms with E-state index in [2.05, 4.69) is 37.9 Å². The lowest BCUT2D eigenvalue weighted by atomic mass is 10.0. The fraction of sp³-hybridized carbons (Fsp3) is 0.318. The molecule has 1 amide bonds. The molecule has 1 fully saturated rings. The zero-order chi connectivity index (χ0) is 21.4. The minimum absolute atomic E-state index is 0.0279. The maximum Gasteiger partial charge on any atom is 0.278 e. The predicted octanol–water partition coefficient (Wildman–Crippen LogP) is 3.19. The number of thiophene rings is 1. The Balaban J connectivity index is 1.55. The van der Waals surface area contributed by atoms with Crippen LogP contribution in [0.4, 0.5) is 5.82 Å². The molecule has 0 radical (unpaired) electrons. The van der Waals surface area contributed by atoms with Crippen LogP contribution >= 0.6 is 11.3 Å². The predicted molar refractivity (Wildman–Crippen MR) is 121 cm³/mol. The van der Waals surface area contributed by atoms with Crippen molar-refractivity contribution in [3.63, 3.8) is 0 Å². The van der Waals surface area contributed by atoms with E-state index in [4.69, 9.17) is 0 Å². The largest absolute Gasteiger partial charge is 0.315 e. The first kappa shape index (κ1) is 19.8. The minimum Gasteiger partial charge on any atom is -0.315 e. The van der Waals surface area contributed by atoms with Crippen molar-refractivity contribution in [3.8, 4) is 11.3 Å². The Morgan fingerprint density at radius 3 is 2.90 bits per heavy atom. The van der Waals surface area contributed by atoms with Crippen LogP contribution in [0.15, 0.2) is 42.2 Å². The smallest absolute Gasteiger partial charge is 0.278 e. The number of nitrogens with one attached hydrogen (secondary N) is 1. The SMILES string of the molecule is Cc1csc2ccnc(N(C(=O)c3ccc(-c4cn(C)nn4)cn3)[C@@H]3CCCNC3)c12. The summed E-state index contributed by atoms with van der Waals surface area (Å²) < 4.78 is 2.77. The van der Waals surface area contributed by atoms with Gasteiger partial charge >= 0.3 is 0 Å². The van der Waals surface area contributed by atoms with Crippen LogP contribution in [0.2, 0.25) is 0 Å². The summed E-state index contributed by atoms with van der Waals surface area (Å²) >= 11 is 1.68. The Hall–Kier alpha value is -3.17. The van der Waals surface area contributed by atoms with Crippen LogP contribution in [0.5, 0.6) is 0 Å². The highest BCUT2D eigenvalue weighted by Gasteiger charge is 2.31. The van der Waals surface area contributed by atoms with E-state index >= 15 is 0 Å². The van der Waals surface area contributed by atoms with Gasteiger partial charge in [-0.25, -0.2) is 4.98 Å². The molecule has 0 bridgehead atoms. The number of hydrogen-bond donors (Lipinski definition) is 1. The van der Waals surface area contributed by atoms with E-state index in [1.165, 1.54) is 0 Å². The molecule has 0 spiro atoms. The summed E-state index contributed by atoms with van der Waals surface area (Å²) in [4.78, 5) is 24.7. The zero-order valence-corrected chi connectivity index (χ0v) is 18.3. The Morgan fingerprint density at radius 2 is 2.19 bits per heavy atom. The highest BCUT2D eigenvalue weighted by atomic mass is 32.1. The molecular formula is C22H23N7OS. The summed E-state index contributed by atoms with van der Waals surface area (Å²) in [6.45, 7) is 3.78. The van der Waals surface area contributed by atoms with Gasteiger partial charge in [0.2, 0.25) is 0 Å². The molecule has 8 nitrogen and oxygen atoms in total. The standard InChI is InChI=1S/C22H23N7OS/c1-14-13-31-19-7-9-24-21(20(14)19)29(16-4-3-8-23-11-16)22(30)17-6-5-15(10-25-17)18-12-28(2)27-26-18/h5-7,9-10,12-13,16,23H,3-4,8,11H2,1-2H3/t16-/m1/s1. The van der Waals surface area contributed by atoms with Gasteiger partial charge in [-0.2, -0.15) is 0 Å². The number of piperidine rings is 1. The van der Waals surface area contributed by atoms with Gasteiger partial charge in [0, 0.05) is 41.6 Å². The average molecular weight is 434 g/mol. The quantitative estimate of drug-likeness (QED) is 0.532. The molecular weight excluding hydrogens is 410 g/mol. The second-order valence-corrected chi connectivity index (χ2v) is 8.72. The van der Waals surface area contributed by atoms with Crippen molar-refractivity contribution >= 4 is 33.1 Å². The van der Waals surface area contributed by atoms with Crippen molar-refractivity contribution in [2.75, 3.05) is 18.0 Å². The molecule has 0 aromatic carbocycles. The molecule has 1 aliphatic rings. The lowest BCUT2D eigenvalue weighted by Gasteiger charge is -2.34. The minimum atomic E-state index is -0.134. The number of fused-ring (bicyclic) bond motifs is 1. The number of aryl methyl sites for hydroxylation is 2. The van der Waals surface area contributed by atoms with Crippen molar-refractivity contribution < 1.29 is 4.79 Å². The van der Waals surface area contributed by atoms with Crippen molar-refractivity contribution in [2.45, 2.75) is 25.8 Å². The van der Waals surface area contributed by atoms with Crippen molar-refractivity contribution in [3.05, 3.63) is 53.4 Å². The third-order valence-corrected chi connectivity index (χ3v) is 6.68. The Labute approximate surface area is 183 Å².